The van der Waals surface area contributed by atoms with Gasteiger partial charge in [0, 0.05) is 5.56 Å². The molecule has 0 aromatic heterocycles. The van der Waals surface area contributed by atoms with E-state index in [-0.39, 0.29) is 11.3 Å². The number of ether oxygens (including phenoxy) is 2. The van der Waals surface area contributed by atoms with Crippen LogP contribution < -0.4 is 4.74 Å². The Morgan fingerprint density at radius 3 is 2.36 bits per heavy atom. The lowest BCUT2D eigenvalue weighted by molar-refractivity contribution is 0.0646. The molecule has 1 heterocycles. The van der Waals surface area contributed by atoms with E-state index in [1.807, 2.05) is 24.3 Å². The van der Waals surface area contributed by atoms with Crippen molar-refractivity contribution >= 4 is 5.57 Å². The minimum Gasteiger partial charge on any atom is -0.491 e. The summed E-state index contributed by atoms with van der Waals surface area (Å²) in [6.07, 6.45) is 8.28. The van der Waals surface area contributed by atoms with Crippen LogP contribution >= 0.6 is 0 Å². The Kier molecular flexibility index (Phi) is 7.21. The van der Waals surface area contributed by atoms with E-state index in [1.54, 1.807) is 13.0 Å². The third-order valence-electron chi connectivity index (χ3n) is 5.14. The van der Waals surface area contributed by atoms with Crippen LogP contribution in [0.5, 0.6) is 5.75 Å². The molecule has 0 saturated carbocycles. The van der Waals surface area contributed by atoms with E-state index in [4.69, 9.17) is 9.47 Å². The van der Waals surface area contributed by atoms with Gasteiger partial charge in [-0.15, -0.1) is 0 Å². The molecule has 0 N–H and O–H groups in total. The van der Waals surface area contributed by atoms with Crippen molar-refractivity contribution in [2.24, 2.45) is 0 Å². The van der Waals surface area contributed by atoms with Gasteiger partial charge in [0.15, 0.2) is 11.6 Å². The lowest BCUT2D eigenvalue weighted by Crippen LogP contribution is -2.18. The van der Waals surface area contributed by atoms with Gasteiger partial charge in [-0.2, -0.15) is 4.39 Å². The summed E-state index contributed by atoms with van der Waals surface area (Å²) in [6, 6.07) is 10.6. The Morgan fingerprint density at radius 2 is 1.71 bits per heavy atom. The van der Waals surface area contributed by atoms with Gasteiger partial charge in [-0.05, 0) is 48.6 Å². The van der Waals surface area contributed by atoms with E-state index < -0.39 is 11.6 Å². The van der Waals surface area contributed by atoms with Gasteiger partial charge in [0.05, 0.1) is 19.3 Å². The number of rotatable bonds is 8. The van der Waals surface area contributed by atoms with Gasteiger partial charge in [-0.3, -0.25) is 0 Å². The molecule has 28 heavy (non-hydrogen) atoms. The number of halogens is 2. The monoisotopic (exact) mass is 386 g/mol. The summed E-state index contributed by atoms with van der Waals surface area (Å²) in [4.78, 5) is 0. The first-order chi connectivity index (χ1) is 13.6. The van der Waals surface area contributed by atoms with E-state index in [1.165, 1.54) is 25.3 Å². The molecular weight excluding hydrogens is 358 g/mol. The van der Waals surface area contributed by atoms with Crippen LogP contribution in [-0.2, 0) is 4.74 Å². The van der Waals surface area contributed by atoms with Gasteiger partial charge in [-0.1, -0.05) is 56.5 Å². The smallest absolute Gasteiger partial charge is 0.201 e. The highest BCUT2D eigenvalue weighted by Gasteiger charge is 2.17. The molecule has 2 nitrogen and oxygen atoms in total. The van der Waals surface area contributed by atoms with Crippen LogP contribution in [0, 0.1) is 11.6 Å². The second-order valence-corrected chi connectivity index (χ2v) is 7.14. The largest absolute Gasteiger partial charge is 0.491 e. The van der Waals surface area contributed by atoms with Crippen LogP contribution in [-0.4, -0.2) is 19.3 Å². The van der Waals surface area contributed by atoms with Gasteiger partial charge in [0.1, 0.15) is 0 Å². The molecule has 1 aliphatic heterocycles. The van der Waals surface area contributed by atoms with Crippen LogP contribution in [0.3, 0.4) is 0 Å². The molecule has 0 radical (unpaired) electrons. The van der Waals surface area contributed by atoms with Crippen molar-refractivity contribution in [3.63, 3.8) is 0 Å². The SMILES string of the molecule is CCCCCC1CC=C(c2ccc(-c3ccc(OCC)c(F)c3F)cc2)CO1. The molecule has 0 aliphatic carbocycles. The van der Waals surface area contributed by atoms with Crippen molar-refractivity contribution in [2.75, 3.05) is 13.2 Å². The van der Waals surface area contributed by atoms with Crippen molar-refractivity contribution in [1.82, 2.24) is 0 Å². The first kappa shape index (κ1) is 20.5. The van der Waals surface area contributed by atoms with E-state index in [9.17, 15) is 8.78 Å². The topological polar surface area (TPSA) is 18.5 Å². The maximum atomic E-state index is 14.4. The predicted molar refractivity (Wildman–Crippen MR) is 109 cm³/mol. The second-order valence-electron chi connectivity index (χ2n) is 7.14. The van der Waals surface area contributed by atoms with Crippen molar-refractivity contribution < 1.29 is 18.3 Å². The molecule has 4 heteroatoms. The molecule has 2 aromatic carbocycles. The minimum atomic E-state index is -0.944. The summed E-state index contributed by atoms with van der Waals surface area (Å²) < 4.78 is 39.6. The van der Waals surface area contributed by atoms with Crippen LogP contribution in [0.2, 0.25) is 0 Å². The lowest BCUT2D eigenvalue weighted by Gasteiger charge is -2.23. The van der Waals surface area contributed by atoms with Gasteiger partial charge >= 0.3 is 0 Å². The zero-order valence-corrected chi connectivity index (χ0v) is 16.6. The second kappa shape index (κ2) is 9.83. The van der Waals surface area contributed by atoms with Crippen LogP contribution in [0.1, 0.15) is 51.5 Å². The van der Waals surface area contributed by atoms with E-state index >= 15 is 0 Å². The van der Waals surface area contributed by atoms with Crippen molar-refractivity contribution in [3.8, 4) is 16.9 Å². The van der Waals surface area contributed by atoms with E-state index in [0.717, 1.165) is 24.0 Å². The molecule has 0 amide bonds. The molecule has 1 atom stereocenters. The molecule has 0 saturated heterocycles. The average Bonchev–Trinajstić information content (AvgIpc) is 2.73. The van der Waals surface area contributed by atoms with E-state index in [2.05, 4.69) is 13.0 Å². The maximum Gasteiger partial charge on any atom is 0.201 e. The zero-order valence-electron chi connectivity index (χ0n) is 16.6. The van der Waals surface area contributed by atoms with Crippen molar-refractivity contribution in [3.05, 3.63) is 59.7 Å². The van der Waals surface area contributed by atoms with Gasteiger partial charge in [0.25, 0.3) is 0 Å². The van der Waals surface area contributed by atoms with E-state index in [0.29, 0.717) is 24.9 Å². The van der Waals surface area contributed by atoms with Gasteiger partial charge < -0.3 is 9.47 Å². The summed E-state index contributed by atoms with van der Waals surface area (Å²) in [5, 5.41) is 0. The highest BCUT2D eigenvalue weighted by atomic mass is 19.2. The van der Waals surface area contributed by atoms with Crippen molar-refractivity contribution in [2.45, 2.75) is 52.1 Å². The molecule has 1 unspecified atom stereocenters. The quantitative estimate of drug-likeness (QED) is 0.465. The molecule has 0 spiro atoms. The summed E-state index contributed by atoms with van der Waals surface area (Å²) in [5.41, 5.74) is 3.08. The predicted octanol–water partition coefficient (Wildman–Crippen LogP) is 6.78. The van der Waals surface area contributed by atoms with Crippen LogP contribution in [0.4, 0.5) is 8.78 Å². The normalized spacial score (nSPS) is 16.7. The first-order valence-corrected chi connectivity index (χ1v) is 10.2. The fourth-order valence-corrected chi connectivity index (χ4v) is 3.52. The lowest BCUT2D eigenvalue weighted by atomic mass is 9.97. The summed E-state index contributed by atoms with van der Waals surface area (Å²) in [6.45, 7) is 4.83. The Bertz CT molecular complexity index is 812. The molecular formula is C24H28F2O2. The number of benzene rings is 2. The van der Waals surface area contributed by atoms with Crippen LogP contribution in [0.25, 0.3) is 16.7 Å². The number of unbranched alkanes of at least 4 members (excludes halogenated alkanes) is 2. The molecule has 0 bridgehead atoms. The molecule has 1 aliphatic rings. The molecule has 0 fully saturated rings. The highest BCUT2D eigenvalue weighted by Crippen LogP contribution is 2.31. The Labute approximate surface area is 166 Å². The Hall–Kier alpha value is -2.20. The average molecular weight is 386 g/mol. The Balaban J connectivity index is 1.70. The van der Waals surface area contributed by atoms with Crippen molar-refractivity contribution in [1.29, 1.82) is 0 Å². The van der Waals surface area contributed by atoms with Gasteiger partial charge in [-0.25, -0.2) is 4.39 Å². The third-order valence-corrected chi connectivity index (χ3v) is 5.14. The third kappa shape index (κ3) is 4.79. The Morgan fingerprint density at radius 1 is 0.964 bits per heavy atom. The first-order valence-electron chi connectivity index (χ1n) is 10.2. The fraction of sp³-hybridized carbons (Fsp3) is 0.417. The molecule has 2 aromatic rings. The summed E-state index contributed by atoms with van der Waals surface area (Å²) in [5.74, 6) is -1.88. The molecule has 3 rings (SSSR count). The summed E-state index contributed by atoms with van der Waals surface area (Å²) in [7, 11) is 0. The molecule has 150 valence electrons. The number of hydrogen-bond donors (Lipinski definition) is 0. The standard InChI is InChI=1S/C24H28F2O2/c1-3-5-6-7-20-13-12-19(16-28-20)17-8-10-18(11-9-17)21-14-15-22(27-4-2)24(26)23(21)25/h8-12,14-15,20H,3-7,13,16H2,1-2H3. The zero-order chi connectivity index (χ0) is 19.9. The number of hydrogen-bond acceptors (Lipinski definition) is 2. The van der Waals surface area contributed by atoms with Crippen LogP contribution in [0.15, 0.2) is 42.5 Å². The summed E-state index contributed by atoms with van der Waals surface area (Å²) >= 11 is 0. The highest BCUT2D eigenvalue weighted by molar-refractivity contribution is 5.72. The van der Waals surface area contributed by atoms with Gasteiger partial charge in [0.2, 0.25) is 5.82 Å². The minimum absolute atomic E-state index is 0.0571. The maximum absolute atomic E-state index is 14.4. The fourth-order valence-electron chi connectivity index (χ4n) is 3.52.